The molecule has 2 aliphatic heterocycles. The van der Waals surface area contributed by atoms with Crippen LogP contribution in [0.3, 0.4) is 0 Å². The highest BCUT2D eigenvalue weighted by Crippen LogP contribution is 2.37. The number of benzene rings is 2. The highest BCUT2D eigenvalue weighted by atomic mass is 16.6. The molecule has 0 bridgehead atoms. The number of likely N-dealkylation sites (tertiary alicyclic amines) is 1. The van der Waals surface area contributed by atoms with Crippen molar-refractivity contribution < 1.29 is 19.1 Å². The van der Waals surface area contributed by atoms with Crippen LogP contribution in [0, 0.1) is 0 Å². The van der Waals surface area contributed by atoms with Crippen LogP contribution < -0.4 is 5.32 Å². The molecular formula is C37H45N5O4. The average molecular weight is 624 g/mol. The van der Waals surface area contributed by atoms with Gasteiger partial charge in [0.2, 0.25) is 0 Å². The van der Waals surface area contributed by atoms with Crippen molar-refractivity contribution in [2.75, 3.05) is 20.7 Å². The molecule has 1 amide bonds. The molecule has 2 aromatic carbocycles. The summed E-state index contributed by atoms with van der Waals surface area (Å²) >= 11 is 0. The van der Waals surface area contributed by atoms with Gasteiger partial charge in [-0.25, -0.2) is 14.6 Å². The van der Waals surface area contributed by atoms with E-state index in [0.29, 0.717) is 31.0 Å². The second kappa shape index (κ2) is 13.2. The Bertz CT molecular complexity index is 1670. The Morgan fingerprint density at radius 2 is 1.78 bits per heavy atom. The minimum absolute atomic E-state index is 0.0883. The molecule has 1 aromatic heterocycles. The molecule has 0 radical (unpaired) electrons. The lowest BCUT2D eigenvalue weighted by molar-refractivity contribution is 0.0265. The fourth-order valence-corrected chi connectivity index (χ4v) is 6.99. The van der Waals surface area contributed by atoms with E-state index >= 15 is 0 Å². The van der Waals surface area contributed by atoms with Crippen molar-refractivity contribution in [1.29, 1.82) is 0 Å². The van der Waals surface area contributed by atoms with Crippen molar-refractivity contribution in [3.05, 3.63) is 71.3 Å². The summed E-state index contributed by atoms with van der Waals surface area (Å²) in [7, 11) is 3.34. The van der Waals surface area contributed by atoms with E-state index in [0.717, 1.165) is 63.5 Å². The summed E-state index contributed by atoms with van der Waals surface area (Å²) in [5.74, 6) is 1.20. The van der Waals surface area contributed by atoms with Gasteiger partial charge in [0.1, 0.15) is 11.4 Å². The molecule has 0 unspecified atom stereocenters. The fraction of sp³-hybridized carbons (Fsp3) is 0.459. The summed E-state index contributed by atoms with van der Waals surface area (Å²) < 4.78 is 10.9. The van der Waals surface area contributed by atoms with Crippen molar-refractivity contribution in [3.63, 3.8) is 0 Å². The van der Waals surface area contributed by atoms with Crippen molar-refractivity contribution in [3.8, 4) is 22.4 Å². The molecule has 6 rings (SSSR count). The van der Waals surface area contributed by atoms with E-state index in [4.69, 9.17) is 19.5 Å². The van der Waals surface area contributed by atoms with E-state index in [1.807, 2.05) is 58.4 Å². The molecular weight excluding hydrogens is 578 g/mol. The van der Waals surface area contributed by atoms with Crippen LogP contribution >= 0.6 is 0 Å². The second-order valence-corrected chi connectivity index (χ2v) is 13.6. The van der Waals surface area contributed by atoms with Crippen molar-refractivity contribution in [2.45, 2.75) is 89.8 Å². The quantitative estimate of drug-likeness (QED) is 0.252. The summed E-state index contributed by atoms with van der Waals surface area (Å²) in [4.78, 5) is 41.0. The number of aromatic nitrogens is 2. The predicted molar refractivity (Wildman–Crippen MR) is 181 cm³/mol. The van der Waals surface area contributed by atoms with Gasteiger partial charge in [0.05, 0.1) is 30.6 Å². The van der Waals surface area contributed by atoms with E-state index in [-0.39, 0.29) is 12.1 Å². The zero-order chi connectivity index (χ0) is 32.4. The number of ether oxygens (including phenoxy) is 2. The third kappa shape index (κ3) is 6.65. The van der Waals surface area contributed by atoms with Gasteiger partial charge in [-0.15, -0.1) is 0 Å². The Morgan fingerprint density at radius 1 is 1.02 bits per heavy atom. The lowest BCUT2D eigenvalue weighted by Crippen LogP contribution is -2.43. The Labute approximate surface area is 271 Å². The molecule has 1 atom stereocenters. The maximum atomic E-state index is 13.2. The molecule has 9 heteroatoms. The van der Waals surface area contributed by atoms with Crippen LogP contribution in [-0.4, -0.2) is 65.0 Å². The van der Waals surface area contributed by atoms with Gasteiger partial charge in [0, 0.05) is 37.3 Å². The highest BCUT2D eigenvalue weighted by molar-refractivity contribution is 6.04. The van der Waals surface area contributed by atoms with Crippen LogP contribution in [0.15, 0.2) is 53.8 Å². The number of amides is 1. The molecule has 3 aliphatic rings. The number of methoxy groups -OCH3 is 1. The molecule has 242 valence electrons. The Kier molecular flexibility index (Phi) is 9.13. The average Bonchev–Trinajstić information content (AvgIpc) is 3.85. The highest BCUT2D eigenvalue weighted by Gasteiger charge is 2.36. The lowest BCUT2D eigenvalue weighted by atomic mass is 9.90. The number of hydrogen-bond donors (Lipinski definition) is 2. The summed E-state index contributed by atoms with van der Waals surface area (Å²) in [5.41, 5.74) is 7.74. The molecule has 3 heterocycles. The summed E-state index contributed by atoms with van der Waals surface area (Å²) in [6.07, 6.45) is 10.8. The number of H-pyrrole nitrogens is 1. The predicted octanol–water partition coefficient (Wildman–Crippen LogP) is 7.49. The second-order valence-electron chi connectivity index (χ2n) is 13.6. The van der Waals surface area contributed by atoms with Gasteiger partial charge >= 0.3 is 12.1 Å². The summed E-state index contributed by atoms with van der Waals surface area (Å²) in [6.45, 7) is 6.94. The Balaban J connectivity index is 1.25. The van der Waals surface area contributed by atoms with Crippen LogP contribution in [-0.2, 0) is 16.0 Å². The number of esters is 1. The van der Waals surface area contributed by atoms with E-state index in [1.165, 1.54) is 32.8 Å². The molecule has 2 fully saturated rings. The van der Waals surface area contributed by atoms with Gasteiger partial charge in [0.25, 0.3) is 0 Å². The van der Waals surface area contributed by atoms with Crippen LogP contribution in [0.25, 0.3) is 28.0 Å². The topological polar surface area (TPSA) is 109 Å². The molecule has 3 aromatic rings. The molecule has 1 saturated carbocycles. The monoisotopic (exact) mass is 623 g/mol. The van der Waals surface area contributed by atoms with Gasteiger partial charge in [-0.3, -0.25) is 9.89 Å². The van der Waals surface area contributed by atoms with Crippen molar-refractivity contribution in [1.82, 2.24) is 20.2 Å². The minimum atomic E-state index is -0.553. The first-order valence-corrected chi connectivity index (χ1v) is 16.5. The molecule has 9 nitrogen and oxygen atoms in total. The van der Waals surface area contributed by atoms with Crippen molar-refractivity contribution >= 4 is 23.3 Å². The minimum Gasteiger partial charge on any atom is -0.465 e. The number of carbonyl (C=O) groups excluding carboxylic acids is 2. The van der Waals surface area contributed by atoms with Gasteiger partial charge in [-0.05, 0) is 99.0 Å². The standard InChI is InChI=1S/C37H45N5O4/c1-37(2,3)46-36(44)42-16-8-11-33(42)31-19-26(21-39-31)24-12-15-29(30(18-24)35(43)45-5)28-14-13-25(17-27(28)20-38-4)32-22-40-34(41-32)23-9-6-7-10-23/h12-15,17-18,21-23,33,38H,6-11,16,19-20H2,1-5H3,(H,40,41)/t33-/m0/s1. The third-order valence-electron chi connectivity index (χ3n) is 9.23. The molecule has 1 aliphatic carbocycles. The summed E-state index contributed by atoms with van der Waals surface area (Å²) in [5, 5.41) is 3.29. The van der Waals surface area contributed by atoms with E-state index in [2.05, 4.69) is 28.5 Å². The number of carbonyl (C=O) groups is 2. The number of aromatic amines is 1. The van der Waals surface area contributed by atoms with Crippen LogP contribution in [0.5, 0.6) is 0 Å². The van der Waals surface area contributed by atoms with Gasteiger partial charge < -0.3 is 19.8 Å². The number of nitrogens with zero attached hydrogens (tertiary/aromatic N) is 3. The Morgan fingerprint density at radius 3 is 2.52 bits per heavy atom. The van der Waals surface area contributed by atoms with Crippen LogP contribution in [0.4, 0.5) is 4.79 Å². The van der Waals surface area contributed by atoms with Crippen LogP contribution in [0.2, 0.25) is 0 Å². The first-order chi connectivity index (χ1) is 22.1. The van der Waals surface area contributed by atoms with Gasteiger partial charge in [-0.2, -0.15) is 0 Å². The lowest BCUT2D eigenvalue weighted by Gasteiger charge is -2.28. The third-order valence-corrected chi connectivity index (χ3v) is 9.23. The number of allylic oxidation sites excluding steroid dienone is 1. The van der Waals surface area contributed by atoms with E-state index < -0.39 is 11.6 Å². The molecule has 46 heavy (non-hydrogen) atoms. The maximum Gasteiger partial charge on any atom is 0.410 e. The van der Waals surface area contributed by atoms with E-state index in [9.17, 15) is 9.59 Å². The zero-order valence-electron chi connectivity index (χ0n) is 27.6. The number of imidazole rings is 1. The zero-order valence-corrected chi connectivity index (χ0v) is 27.6. The first kappa shape index (κ1) is 31.7. The molecule has 0 spiro atoms. The normalized spacial score (nSPS) is 18.5. The fourth-order valence-electron chi connectivity index (χ4n) is 6.99. The van der Waals surface area contributed by atoms with Gasteiger partial charge in [0.15, 0.2) is 0 Å². The smallest absolute Gasteiger partial charge is 0.410 e. The SMILES string of the molecule is CNCc1cc(-c2cnc(C3CCCC3)[nH]2)ccc1-c1ccc(C2=CN=C([C@@H]3CCCN3C(=O)OC(C)(C)C)C2)cc1C(=O)OC. The largest absolute Gasteiger partial charge is 0.465 e. The number of aliphatic imine (C=N–C) groups is 1. The van der Waals surface area contributed by atoms with E-state index in [1.54, 1.807) is 4.90 Å². The van der Waals surface area contributed by atoms with Crippen LogP contribution in [0.1, 0.15) is 98.9 Å². The van der Waals surface area contributed by atoms with Gasteiger partial charge in [-0.1, -0.05) is 37.1 Å². The number of rotatable bonds is 8. The molecule has 1 saturated heterocycles. The summed E-state index contributed by atoms with van der Waals surface area (Å²) in [6, 6.07) is 12.2. The number of hydrogen-bond acceptors (Lipinski definition) is 7. The number of nitrogens with one attached hydrogen (secondary N) is 2. The maximum absolute atomic E-state index is 13.2. The van der Waals surface area contributed by atoms with Crippen molar-refractivity contribution in [2.24, 2.45) is 4.99 Å². The Hall–Kier alpha value is -4.24. The molecule has 2 N–H and O–H groups in total. The first-order valence-electron chi connectivity index (χ1n) is 16.5.